The predicted molar refractivity (Wildman–Crippen MR) is 54.7 cm³/mol. The molecule has 84 valence electrons. The van der Waals surface area contributed by atoms with Crippen molar-refractivity contribution >= 4 is 12.2 Å². The van der Waals surface area contributed by atoms with Crippen LogP contribution in [-0.4, -0.2) is 24.6 Å². The largest absolute Gasteiger partial charge is 0.334 e. The summed E-state index contributed by atoms with van der Waals surface area (Å²) in [4.78, 5) is 27.4. The van der Waals surface area contributed by atoms with Crippen molar-refractivity contribution in [2.24, 2.45) is 9.98 Å². The Bertz CT molecular complexity index is 248. The maximum Gasteiger partial charge on any atom is 0.278 e. The number of aliphatic imine (C=N–C) groups is 2. The minimum atomic E-state index is -1.40. The Morgan fingerprint density at radius 3 is 2.13 bits per heavy atom. The summed E-state index contributed by atoms with van der Waals surface area (Å²) in [5.74, 6) is -1.40. The van der Waals surface area contributed by atoms with E-state index in [1.165, 1.54) is 12.2 Å². The molecule has 0 saturated heterocycles. The van der Waals surface area contributed by atoms with Gasteiger partial charge in [-0.25, -0.2) is 9.59 Å². The number of carbonyl (C=O) groups excluding carboxylic acids is 2. The molecule has 0 bridgehead atoms. The second-order valence-corrected chi connectivity index (χ2v) is 3.10. The number of rotatable bonds is 8. The standard InChI is InChI=1S/C10H16N2O3/c1-3-5-7-15-10(6-4-2,11-8-13)12-9-14/h3-7H2,1-2H3. The Labute approximate surface area is 89.3 Å². The minimum Gasteiger partial charge on any atom is -0.334 e. The zero-order valence-corrected chi connectivity index (χ0v) is 9.15. The number of hydrogen-bond donors (Lipinski definition) is 0. The molecule has 0 aromatic rings. The Hall–Kier alpha value is -1.28. The van der Waals surface area contributed by atoms with Gasteiger partial charge in [0.1, 0.15) is 0 Å². The third-order valence-electron chi connectivity index (χ3n) is 1.85. The predicted octanol–water partition coefficient (Wildman–Crippen LogP) is 1.93. The van der Waals surface area contributed by atoms with E-state index in [2.05, 4.69) is 9.98 Å². The first kappa shape index (κ1) is 13.7. The van der Waals surface area contributed by atoms with Crippen molar-refractivity contribution in [1.82, 2.24) is 0 Å². The fraction of sp³-hybridized carbons (Fsp3) is 0.800. The van der Waals surface area contributed by atoms with Crippen LogP contribution in [-0.2, 0) is 14.3 Å². The summed E-state index contributed by atoms with van der Waals surface area (Å²) in [7, 11) is 0. The van der Waals surface area contributed by atoms with Crippen LogP contribution in [0.1, 0.15) is 39.5 Å². The highest BCUT2D eigenvalue weighted by molar-refractivity contribution is 5.38. The lowest BCUT2D eigenvalue weighted by Crippen LogP contribution is -2.28. The van der Waals surface area contributed by atoms with E-state index < -0.39 is 5.85 Å². The number of unbranched alkanes of at least 4 members (excludes halogenated alkanes) is 1. The normalized spacial score (nSPS) is 13.5. The molecule has 0 unspecified atom stereocenters. The summed E-state index contributed by atoms with van der Waals surface area (Å²) in [6.45, 7) is 4.31. The van der Waals surface area contributed by atoms with Crippen molar-refractivity contribution in [3.63, 3.8) is 0 Å². The summed E-state index contributed by atoms with van der Waals surface area (Å²) in [6, 6.07) is 0. The molecule has 0 aliphatic heterocycles. The number of isocyanates is 2. The molecule has 0 aliphatic carbocycles. The number of hydrogen-bond acceptors (Lipinski definition) is 5. The van der Waals surface area contributed by atoms with E-state index in [9.17, 15) is 9.59 Å². The van der Waals surface area contributed by atoms with Gasteiger partial charge in [0.25, 0.3) is 5.85 Å². The summed E-state index contributed by atoms with van der Waals surface area (Å²) < 4.78 is 5.33. The van der Waals surface area contributed by atoms with Crippen LogP contribution in [0.4, 0.5) is 0 Å². The Balaban J connectivity index is 4.61. The molecule has 15 heavy (non-hydrogen) atoms. The number of ether oxygens (including phenoxy) is 1. The molecule has 5 heteroatoms. The molecule has 0 saturated carbocycles. The van der Waals surface area contributed by atoms with Crippen LogP contribution in [0.5, 0.6) is 0 Å². The maximum absolute atomic E-state index is 10.2. The van der Waals surface area contributed by atoms with Crippen LogP contribution >= 0.6 is 0 Å². The highest BCUT2D eigenvalue weighted by Crippen LogP contribution is 2.21. The molecule has 5 nitrogen and oxygen atoms in total. The summed E-state index contributed by atoms with van der Waals surface area (Å²) in [6.07, 6.45) is 5.62. The molecule has 0 N–H and O–H groups in total. The van der Waals surface area contributed by atoms with Gasteiger partial charge in [-0.15, -0.1) is 9.98 Å². The van der Waals surface area contributed by atoms with Gasteiger partial charge in [0.15, 0.2) is 0 Å². The summed E-state index contributed by atoms with van der Waals surface area (Å²) in [5, 5.41) is 0. The third kappa shape index (κ3) is 5.23. The first-order valence-corrected chi connectivity index (χ1v) is 5.06. The van der Waals surface area contributed by atoms with Crippen LogP contribution in [0.3, 0.4) is 0 Å². The maximum atomic E-state index is 10.2. The van der Waals surface area contributed by atoms with Crippen molar-refractivity contribution in [3.8, 4) is 0 Å². The van der Waals surface area contributed by atoms with Gasteiger partial charge in [-0.2, -0.15) is 0 Å². The van der Waals surface area contributed by atoms with E-state index in [1.54, 1.807) is 0 Å². The van der Waals surface area contributed by atoms with E-state index in [0.717, 1.165) is 12.8 Å². The van der Waals surface area contributed by atoms with Crippen molar-refractivity contribution in [2.45, 2.75) is 45.4 Å². The lowest BCUT2D eigenvalue weighted by Gasteiger charge is -2.21. The molecule has 0 atom stereocenters. The van der Waals surface area contributed by atoms with Crippen molar-refractivity contribution < 1.29 is 14.3 Å². The molecule has 0 fully saturated rings. The van der Waals surface area contributed by atoms with Crippen LogP contribution < -0.4 is 0 Å². The zero-order chi connectivity index (χ0) is 11.6. The lowest BCUT2D eigenvalue weighted by molar-refractivity contribution is -0.0397. The highest BCUT2D eigenvalue weighted by Gasteiger charge is 2.29. The quantitative estimate of drug-likeness (QED) is 0.350. The van der Waals surface area contributed by atoms with Gasteiger partial charge in [0.2, 0.25) is 12.2 Å². The lowest BCUT2D eigenvalue weighted by atomic mass is 10.2. The van der Waals surface area contributed by atoms with Gasteiger partial charge in [0.05, 0.1) is 6.61 Å². The van der Waals surface area contributed by atoms with E-state index in [1.807, 2.05) is 13.8 Å². The highest BCUT2D eigenvalue weighted by atomic mass is 16.5. The van der Waals surface area contributed by atoms with Crippen LogP contribution in [0.2, 0.25) is 0 Å². The molecular formula is C10H16N2O3. The van der Waals surface area contributed by atoms with Gasteiger partial charge in [-0.05, 0) is 12.8 Å². The smallest absolute Gasteiger partial charge is 0.278 e. The number of nitrogens with zero attached hydrogens (tertiary/aromatic N) is 2. The van der Waals surface area contributed by atoms with Gasteiger partial charge in [-0.1, -0.05) is 20.3 Å². The summed E-state index contributed by atoms with van der Waals surface area (Å²) >= 11 is 0. The molecule has 0 spiro atoms. The zero-order valence-electron chi connectivity index (χ0n) is 9.15. The Morgan fingerprint density at radius 1 is 1.13 bits per heavy atom. The van der Waals surface area contributed by atoms with Crippen molar-refractivity contribution in [3.05, 3.63) is 0 Å². The Kier molecular flexibility index (Phi) is 7.38. The van der Waals surface area contributed by atoms with E-state index in [4.69, 9.17) is 4.74 Å². The van der Waals surface area contributed by atoms with Gasteiger partial charge in [0, 0.05) is 6.42 Å². The van der Waals surface area contributed by atoms with Crippen LogP contribution in [0, 0.1) is 0 Å². The monoisotopic (exact) mass is 212 g/mol. The third-order valence-corrected chi connectivity index (χ3v) is 1.85. The fourth-order valence-corrected chi connectivity index (χ4v) is 1.12. The van der Waals surface area contributed by atoms with Gasteiger partial charge >= 0.3 is 0 Å². The average Bonchev–Trinajstić information content (AvgIpc) is 2.19. The van der Waals surface area contributed by atoms with Crippen LogP contribution in [0.25, 0.3) is 0 Å². The molecule has 0 aromatic carbocycles. The molecule has 0 rings (SSSR count). The molecule has 0 heterocycles. The molecule has 0 aliphatic rings. The average molecular weight is 212 g/mol. The molecule has 0 aromatic heterocycles. The van der Waals surface area contributed by atoms with Gasteiger partial charge < -0.3 is 4.74 Å². The van der Waals surface area contributed by atoms with E-state index in [-0.39, 0.29) is 0 Å². The van der Waals surface area contributed by atoms with Gasteiger partial charge in [-0.3, -0.25) is 0 Å². The van der Waals surface area contributed by atoms with Crippen LogP contribution in [0.15, 0.2) is 9.98 Å². The van der Waals surface area contributed by atoms with Crippen molar-refractivity contribution in [2.75, 3.05) is 6.61 Å². The second-order valence-electron chi connectivity index (χ2n) is 3.10. The first-order valence-electron chi connectivity index (χ1n) is 5.06. The van der Waals surface area contributed by atoms with Crippen molar-refractivity contribution in [1.29, 1.82) is 0 Å². The first-order chi connectivity index (χ1) is 7.24. The molecule has 0 amide bonds. The topological polar surface area (TPSA) is 68.1 Å². The van der Waals surface area contributed by atoms with E-state index in [0.29, 0.717) is 19.4 Å². The SMILES string of the molecule is CCCCOC(CCC)(N=C=O)N=C=O. The summed E-state index contributed by atoms with van der Waals surface area (Å²) in [5.41, 5.74) is 0. The molecular weight excluding hydrogens is 196 g/mol. The molecule has 0 radical (unpaired) electrons. The fourth-order valence-electron chi connectivity index (χ4n) is 1.12. The minimum absolute atomic E-state index is 0.376. The van der Waals surface area contributed by atoms with E-state index >= 15 is 0 Å². The Morgan fingerprint density at radius 2 is 1.73 bits per heavy atom. The second kappa shape index (κ2) is 8.06.